The number of esters is 3. The molecule has 0 heterocycles. The van der Waals surface area contributed by atoms with Crippen LogP contribution in [0.25, 0.3) is 0 Å². The molecule has 0 saturated carbocycles. The number of unbranched alkanes of at least 4 members (excludes halogenated alkanes) is 31. The summed E-state index contributed by atoms with van der Waals surface area (Å²) in [6, 6.07) is 0. The lowest BCUT2D eigenvalue weighted by Gasteiger charge is -2.18. The minimum absolute atomic E-state index is 0.0854. The van der Waals surface area contributed by atoms with E-state index in [-0.39, 0.29) is 31.1 Å². The van der Waals surface area contributed by atoms with E-state index in [9.17, 15) is 14.4 Å². The SMILES string of the molecule is CC/C=C\C/C=C\C/C=C\CCCCCCCCC(=O)OC(COC(=O)CCCCCCC\C=C/C=C\C=C/CCCCCCC)COC(=O)CCCCCCCCCCCCCCCCCC. The van der Waals surface area contributed by atoms with Gasteiger partial charge < -0.3 is 14.2 Å². The number of carbonyl (C=O) groups excluding carboxylic acids is 3. The fourth-order valence-electron chi connectivity index (χ4n) is 8.17. The molecule has 0 aromatic carbocycles. The molecule has 68 heavy (non-hydrogen) atoms. The molecule has 0 bridgehead atoms. The highest BCUT2D eigenvalue weighted by molar-refractivity contribution is 5.71. The van der Waals surface area contributed by atoms with Crippen molar-refractivity contribution in [1.29, 1.82) is 0 Å². The molecule has 6 heteroatoms. The maximum Gasteiger partial charge on any atom is 0.306 e. The van der Waals surface area contributed by atoms with Gasteiger partial charge in [-0.05, 0) is 77.0 Å². The highest BCUT2D eigenvalue weighted by atomic mass is 16.6. The van der Waals surface area contributed by atoms with Crippen molar-refractivity contribution in [2.24, 2.45) is 0 Å². The molecule has 1 unspecified atom stereocenters. The zero-order valence-electron chi connectivity index (χ0n) is 44.9. The van der Waals surface area contributed by atoms with Crippen LogP contribution >= 0.6 is 0 Å². The van der Waals surface area contributed by atoms with Crippen LogP contribution in [0.2, 0.25) is 0 Å². The summed E-state index contributed by atoms with van der Waals surface area (Å²) in [4.78, 5) is 38.2. The van der Waals surface area contributed by atoms with Gasteiger partial charge in [0.05, 0.1) is 0 Å². The molecule has 0 rings (SSSR count). The molecule has 392 valence electrons. The topological polar surface area (TPSA) is 78.9 Å². The largest absolute Gasteiger partial charge is 0.462 e. The van der Waals surface area contributed by atoms with Gasteiger partial charge in [0.15, 0.2) is 6.10 Å². The monoisotopic (exact) mass is 949 g/mol. The van der Waals surface area contributed by atoms with Crippen molar-refractivity contribution in [2.75, 3.05) is 13.2 Å². The van der Waals surface area contributed by atoms with Crippen molar-refractivity contribution < 1.29 is 28.6 Å². The lowest BCUT2D eigenvalue weighted by molar-refractivity contribution is -0.167. The Bertz CT molecular complexity index is 1270. The summed E-state index contributed by atoms with van der Waals surface area (Å²) in [6.07, 6.45) is 71.7. The molecule has 0 N–H and O–H groups in total. The maximum absolute atomic E-state index is 12.9. The second-order valence-electron chi connectivity index (χ2n) is 19.2. The summed E-state index contributed by atoms with van der Waals surface area (Å²) < 4.78 is 16.9. The highest BCUT2D eigenvalue weighted by Crippen LogP contribution is 2.16. The molecule has 6 nitrogen and oxygen atoms in total. The summed E-state index contributed by atoms with van der Waals surface area (Å²) in [5, 5.41) is 0. The van der Waals surface area contributed by atoms with E-state index in [2.05, 4.69) is 93.7 Å². The zero-order valence-corrected chi connectivity index (χ0v) is 44.9. The lowest BCUT2D eigenvalue weighted by atomic mass is 10.0. The Morgan fingerprint density at radius 2 is 0.632 bits per heavy atom. The Morgan fingerprint density at radius 1 is 0.324 bits per heavy atom. The van der Waals surface area contributed by atoms with Crippen LogP contribution in [-0.2, 0) is 28.6 Å². The van der Waals surface area contributed by atoms with E-state index in [4.69, 9.17) is 14.2 Å². The summed E-state index contributed by atoms with van der Waals surface area (Å²) in [5.41, 5.74) is 0. The molecule has 0 amide bonds. The second kappa shape index (κ2) is 56.4. The standard InChI is InChI=1S/C62H108O6/c1-4-7-10-13-16-19-22-25-28-31-32-35-37-40-43-46-49-52-55-61(64)67-58-59(68-62(65)56-53-50-47-44-41-38-34-30-27-24-21-18-15-12-9-6-3)57-66-60(63)54-51-48-45-42-39-36-33-29-26-23-20-17-14-11-8-5-2/h9,12,18,21-22,25,27-28,30-32,35,59H,4-8,10-11,13-17,19-20,23-24,26,29,33-34,36-58H2,1-3H3/b12-9-,21-18-,25-22-,30-27-,31-28-,35-32-. The Kier molecular flexibility index (Phi) is 53.8. The molecule has 1 atom stereocenters. The smallest absolute Gasteiger partial charge is 0.306 e. The Morgan fingerprint density at radius 3 is 1.01 bits per heavy atom. The van der Waals surface area contributed by atoms with Crippen LogP contribution in [0.1, 0.15) is 284 Å². The number of hydrogen-bond donors (Lipinski definition) is 0. The number of hydrogen-bond acceptors (Lipinski definition) is 6. The average Bonchev–Trinajstić information content (AvgIpc) is 3.34. The van der Waals surface area contributed by atoms with Crippen molar-refractivity contribution in [3.05, 3.63) is 72.9 Å². The van der Waals surface area contributed by atoms with Crippen LogP contribution in [0.15, 0.2) is 72.9 Å². The van der Waals surface area contributed by atoms with Crippen molar-refractivity contribution in [3.63, 3.8) is 0 Å². The third-order valence-electron chi connectivity index (χ3n) is 12.5. The number of allylic oxidation sites excluding steroid dienone is 12. The van der Waals surface area contributed by atoms with E-state index in [1.54, 1.807) is 0 Å². The first-order valence-corrected chi connectivity index (χ1v) is 29.0. The second-order valence-corrected chi connectivity index (χ2v) is 19.2. The zero-order chi connectivity index (χ0) is 49.3. The van der Waals surface area contributed by atoms with Crippen LogP contribution in [0.3, 0.4) is 0 Å². The van der Waals surface area contributed by atoms with Gasteiger partial charge in [-0.15, -0.1) is 0 Å². The van der Waals surface area contributed by atoms with Gasteiger partial charge in [0.2, 0.25) is 0 Å². The van der Waals surface area contributed by atoms with Crippen molar-refractivity contribution in [1.82, 2.24) is 0 Å². The van der Waals surface area contributed by atoms with Gasteiger partial charge in [-0.2, -0.15) is 0 Å². The van der Waals surface area contributed by atoms with Gasteiger partial charge in [0.1, 0.15) is 13.2 Å². The minimum Gasteiger partial charge on any atom is -0.462 e. The third-order valence-corrected chi connectivity index (χ3v) is 12.5. The van der Waals surface area contributed by atoms with Crippen LogP contribution in [-0.4, -0.2) is 37.2 Å². The maximum atomic E-state index is 12.9. The van der Waals surface area contributed by atoms with Crippen LogP contribution < -0.4 is 0 Å². The first kappa shape index (κ1) is 64.8. The Hall–Kier alpha value is -3.15. The summed E-state index contributed by atoms with van der Waals surface area (Å²) in [5.74, 6) is -0.909. The molecule has 0 spiro atoms. The molecular formula is C62H108O6. The van der Waals surface area contributed by atoms with E-state index in [0.717, 1.165) is 109 Å². The number of ether oxygens (including phenoxy) is 3. The van der Waals surface area contributed by atoms with Gasteiger partial charge in [0, 0.05) is 19.3 Å². The van der Waals surface area contributed by atoms with Gasteiger partial charge in [-0.25, -0.2) is 0 Å². The van der Waals surface area contributed by atoms with E-state index < -0.39 is 6.10 Å². The Labute approximate surface area is 421 Å². The van der Waals surface area contributed by atoms with Gasteiger partial charge in [-0.1, -0.05) is 261 Å². The molecule has 0 aliphatic carbocycles. The van der Waals surface area contributed by atoms with Crippen molar-refractivity contribution in [2.45, 2.75) is 290 Å². The molecule has 0 aliphatic heterocycles. The van der Waals surface area contributed by atoms with Gasteiger partial charge in [0.25, 0.3) is 0 Å². The molecule has 0 aromatic heterocycles. The molecular weight excluding hydrogens is 841 g/mol. The first-order chi connectivity index (χ1) is 33.5. The molecule has 0 aliphatic rings. The van der Waals surface area contributed by atoms with Crippen LogP contribution in [0.4, 0.5) is 0 Å². The quantitative estimate of drug-likeness (QED) is 0.0199. The lowest BCUT2D eigenvalue weighted by Crippen LogP contribution is -2.30. The normalized spacial score (nSPS) is 12.6. The third kappa shape index (κ3) is 53.8. The fraction of sp³-hybridized carbons (Fsp3) is 0.758. The predicted octanol–water partition coefficient (Wildman–Crippen LogP) is 19.4. The average molecular weight is 950 g/mol. The summed E-state index contributed by atoms with van der Waals surface area (Å²) in [7, 11) is 0. The molecule has 0 saturated heterocycles. The molecule has 0 aromatic rings. The minimum atomic E-state index is -0.790. The van der Waals surface area contributed by atoms with Crippen molar-refractivity contribution >= 4 is 17.9 Å². The number of carbonyl (C=O) groups is 3. The number of rotatable bonds is 52. The summed E-state index contributed by atoms with van der Waals surface area (Å²) in [6.45, 7) is 6.51. The fourth-order valence-corrected chi connectivity index (χ4v) is 8.17. The van der Waals surface area contributed by atoms with E-state index in [1.807, 2.05) is 0 Å². The van der Waals surface area contributed by atoms with E-state index >= 15 is 0 Å². The molecule has 0 fully saturated rings. The van der Waals surface area contributed by atoms with Crippen LogP contribution in [0.5, 0.6) is 0 Å². The van der Waals surface area contributed by atoms with Gasteiger partial charge >= 0.3 is 17.9 Å². The van der Waals surface area contributed by atoms with Crippen molar-refractivity contribution in [3.8, 4) is 0 Å². The van der Waals surface area contributed by atoms with E-state index in [1.165, 1.54) is 135 Å². The molecule has 0 radical (unpaired) electrons. The van der Waals surface area contributed by atoms with Crippen LogP contribution in [0, 0.1) is 0 Å². The first-order valence-electron chi connectivity index (χ1n) is 29.0. The van der Waals surface area contributed by atoms with E-state index in [0.29, 0.717) is 19.3 Å². The summed E-state index contributed by atoms with van der Waals surface area (Å²) >= 11 is 0. The Balaban J connectivity index is 4.43. The van der Waals surface area contributed by atoms with Gasteiger partial charge in [-0.3, -0.25) is 14.4 Å². The highest BCUT2D eigenvalue weighted by Gasteiger charge is 2.19. The predicted molar refractivity (Wildman–Crippen MR) is 293 cm³/mol.